The first-order valence-electron chi connectivity index (χ1n) is 5.59. The van der Waals surface area contributed by atoms with E-state index in [1.807, 2.05) is 6.92 Å². The maximum absolute atomic E-state index is 12.8. The monoisotopic (exact) mass is 248 g/mol. The van der Waals surface area contributed by atoms with Gasteiger partial charge in [-0.2, -0.15) is 15.0 Å². The average molecular weight is 248 g/mol. The van der Waals surface area contributed by atoms with Gasteiger partial charge in [-0.25, -0.2) is 4.39 Å². The molecule has 0 aliphatic carbocycles. The zero-order chi connectivity index (χ0) is 13.0. The topological polar surface area (TPSA) is 73.9 Å². The molecule has 1 aromatic carbocycles. The van der Waals surface area contributed by atoms with E-state index in [9.17, 15) is 4.39 Å². The molecule has 2 rings (SSSR count). The van der Waals surface area contributed by atoms with Crippen molar-refractivity contribution in [3.05, 3.63) is 30.1 Å². The molecule has 0 unspecified atom stereocenters. The number of hydrogen-bond acceptors (Lipinski definition) is 5. The van der Waals surface area contributed by atoms with Crippen molar-refractivity contribution >= 4 is 5.95 Å². The van der Waals surface area contributed by atoms with Crippen molar-refractivity contribution in [3.63, 3.8) is 0 Å². The largest absolute Gasteiger partial charge is 0.463 e. The van der Waals surface area contributed by atoms with E-state index in [0.717, 1.165) is 6.42 Å². The molecule has 0 fully saturated rings. The van der Waals surface area contributed by atoms with Gasteiger partial charge < -0.3 is 10.5 Å². The zero-order valence-electron chi connectivity index (χ0n) is 9.93. The van der Waals surface area contributed by atoms with E-state index in [2.05, 4.69) is 15.0 Å². The fraction of sp³-hybridized carbons (Fsp3) is 0.250. The molecule has 1 heterocycles. The van der Waals surface area contributed by atoms with Crippen LogP contribution >= 0.6 is 0 Å². The van der Waals surface area contributed by atoms with Gasteiger partial charge in [0.15, 0.2) is 5.82 Å². The fourth-order valence-electron chi connectivity index (χ4n) is 1.36. The molecule has 0 saturated carbocycles. The summed E-state index contributed by atoms with van der Waals surface area (Å²) in [6.07, 6.45) is 0.845. The van der Waals surface area contributed by atoms with Crippen LogP contribution < -0.4 is 10.5 Å². The lowest BCUT2D eigenvalue weighted by Crippen LogP contribution is -2.05. The van der Waals surface area contributed by atoms with Crippen LogP contribution in [0.3, 0.4) is 0 Å². The molecule has 18 heavy (non-hydrogen) atoms. The molecule has 2 N–H and O–H groups in total. The predicted octanol–water partition coefficient (Wildman–Crippen LogP) is 2.05. The van der Waals surface area contributed by atoms with Crippen LogP contribution in [-0.4, -0.2) is 21.6 Å². The number of nitrogens with two attached hydrogens (primary N) is 1. The van der Waals surface area contributed by atoms with E-state index >= 15 is 0 Å². The van der Waals surface area contributed by atoms with Gasteiger partial charge >= 0.3 is 6.01 Å². The minimum Gasteiger partial charge on any atom is -0.463 e. The van der Waals surface area contributed by atoms with Gasteiger partial charge in [-0.1, -0.05) is 6.92 Å². The molecular weight excluding hydrogens is 235 g/mol. The van der Waals surface area contributed by atoms with Crippen LogP contribution in [-0.2, 0) is 0 Å². The minimum atomic E-state index is -0.316. The van der Waals surface area contributed by atoms with Crippen LogP contribution in [0, 0.1) is 5.82 Å². The van der Waals surface area contributed by atoms with E-state index in [1.165, 1.54) is 12.1 Å². The third kappa shape index (κ3) is 2.91. The number of ether oxygens (including phenoxy) is 1. The van der Waals surface area contributed by atoms with Crippen LogP contribution in [0.1, 0.15) is 13.3 Å². The van der Waals surface area contributed by atoms with Crippen molar-refractivity contribution < 1.29 is 9.13 Å². The first-order valence-corrected chi connectivity index (χ1v) is 5.59. The molecule has 5 nitrogen and oxygen atoms in total. The average Bonchev–Trinajstić information content (AvgIpc) is 2.36. The van der Waals surface area contributed by atoms with Crippen LogP contribution in [0.5, 0.6) is 6.01 Å². The van der Waals surface area contributed by atoms with Crippen molar-refractivity contribution in [2.24, 2.45) is 0 Å². The normalized spacial score (nSPS) is 10.3. The molecule has 0 amide bonds. The molecule has 94 valence electrons. The maximum Gasteiger partial charge on any atom is 0.321 e. The second-order valence-corrected chi connectivity index (χ2v) is 3.66. The first kappa shape index (κ1) is 12.2. The molecule has 0 aliphatic rings. The first-order chi connectivity index (χ1) is 8.69. The smallest absolute Gasteiger partial charge is 0.321 e. The SMILES string of the molecule is CCCOc1nc(N)nc(-c2ccc(F)cc2)n1. The molecular formula is C12H13FN4O. The summed E-state index contributed by atoms with van der Waals surface area (Å²) in [6.45, 7) is 2.48. The van der Waals surface area contributed by atoms with Gasteiger partial charge in [0.05, 0.1) is 6.61 Å². The Bertz CT molecular complexity index is 530. The van der Waals surface area contributed by atoms with E-state index < -0.39 is 0 Å². The predicted molar refractivity (Wildman–Crippen MR) is 65.4 cm³/mol. The second-order valence-electron chi connectivity index (χ2n) is 3.66. The maximum atomic E-state index is 12.8. The molecule has 0 spiro atoms. The minimum absolute atomic E-state index is 0.0791. The summed E-state index contributed by atoms with van der Waals surface area (Å²) >= 11 is 0. The number of benzene rings is 1. The van der Waals surface area contributed by atoms with Crippen molar-refractivity contribution in [1.29, 1.82) is 0 Å². The number of rotatable bonds is 4. The third-order valence-electron chi connectivity index (χ3n) is 2.17. The van der Waals surface area contributed by atoms with Crippen LogP contribution in [0.2, 0.25) is 0 Å². The Morgan fingerprint density at radius 3 is 2.56 bits per heavy atom. The highest BCUT2D eigenvalue weighted by Crippen LogP contribution is 2.18. The summed E-state index contributed by atoms with van der Waals surface area (Å²) in [6, 6.07) is 6.01. The van der Waals surface area contributed by atoms with Crippen LogP contribution in [0.25, 0.3) is 11.4 Å². The summed E-state index contributed by atoms with van der Waals surface area (Å²) in [5.74, 6) is 0.132. The van der Waals surface area contributed by atoms with Gasteiger partial charge in [0.2, 0.25) is 5.95 Å². The number of nitrogen functional groups attached to an aromatic ring is 1. The van der Waals surface area contributed by atoms with Gasteiger partial charge in [-0.15, -0.1) is 0 Å². The standard InChI is InChI=1S/C12H13FN4O/c1-2-7-18-12-16-10(15-11(14)17-12)8-3-5-9(13)6-4-8/h3-6H,2,7H2,1H3,(H2,14,15,16,17). The summed E-state index contributed by atoms with van der Waals surface area (Å²) in [4.78, 5) is 12.0. The van der Waals surface area contributed by atoms with Crippen LogP contribution in [0.15, 0.2) is 24.3 Å². The second kappa shape index (κ2) is 5.39. The molecule has 0 saturated heterocycles. The lowest BCUT2D eigenvalue weighted by Gasteiger charge is -2.05. The summed E-state index contributed by atoms with van der Waals surface area (Å²) in [5, 5.41) is 0. The Hall–Kier alpha value is -2.24. The Morgan fingerprint density at radius 1 is 1.17 bits per heavy atom. The Balaban J connectivity index is 2.32. The number of aromatic nitrogens is 3. The highest BCUT2D eigenvalue weighted by molar-refractivity contribution is 5.55. The van der Waals surface area contributed by atoms with E-state index in [1.54, 1.807) is 12.1 Å². The number of nitrogens with zero attached hydrogens (tertiary/aromatic N) is 3. The van der Waals surface area contributed by atoms with Gasteiger partial charge in [0, 0.05) is 5.56 Å². The highest BCUT2D eigenvalue weighted by Gasteiger charge is 2.07. The fourth-order valence-corrected chi connectivity index (χ4v) is 1.36. The zero-order valence-corrected chi connectivity index (χ0v) is 9.93. The molecule has 0 aliphatic heterocycles. The number of anilines is 1. The molecule has 0 radical (unpaired) electrons. The number of hydrogen-bond donors (Lipinski definition) is 1. The van der Waals surface area contributed by atoms with Crippen molar-refractivity contribution in [2.75, 3.05) is 12.3 Å². The van der Waals surface area contributed by atoms with E-state index in [0.29, 0.717) is 18.0 Å². The van der Waals surface area contributed by atoms with Crippen molar-refractivity contribution in [1.82, 2.24) is 15.0 Å². The summed E-state index contributed by atoms with van der Waals surface area (Å²) < 4.78 is 18.1. The van der Waals surface area contributed by atoms with E-state index in [-0.39, 0.29) is 17.8 Å². The van der Waals surface area contributed by atoms with E-state index in [4.69, 9.17) is 10.5 Å². The Kier molecular flexibility index (Phi) is 3.66. The lowest BCUT2D eigenvalue weighted by atomic mass is 10.2. The molecule has 0 bridgehead atoms. The quantitative estimate of drug-likeness (QED) is 0.896. The Morgan fingerprint density at radius 2 is 1.89 bits per heavy atom. The van der Waals surface area contributed by atoms with Crippen LogP contribution in [0.4, 0.5) is 10.3 Å². The van der Waals surface area contributed by atoms with Gasteiger partial charge in [-0.3, -0.25) is 0 Å². The number of halogens is 1. The summed E-state index contributed by atoms with van der Waals surface area (Å²) in [7, 11) is 0. The van der Waals surface area contributed by atoms with Gasteiger partial charge in [-0.05, 0) is 30.7 Å². The van der Waals surface area contributed by atoms with Gasteiger partial charge in [0.1, 0.15) is 5.82 Å². The molecule has 2 aromatic rings. The van der Waals surface area contributed by atoms with Crippen molar-refractivity contribution in [2.45, 2.75) is 13.3 Å². The third-order valence-corrected chi connectivity index (χ3v) is 2.17. The molecule has 0 atom stereocenters. The summed E-state index contributed by atoms with van der Waals surface area (Å²) in [5.41, 5.74) is 6.24. The Labute approximate surface area is 104 Å². The van der Waals surface area contributed by atoms with Gasteiger partial charge in [0.25, 0.3) is 0 Å². The van der Waals surface area contributed by atoms with Crippen molar-refractivity contribution in [3.8, 4) is 17.4 Å². The molecule has 6 heteroatoms. The lowest BCUT2D eigenvalue weighted by molar-refractivity contribution is 0.292. The highest BCUT2D eigenvalue weighted by atomic mass is 19.1. The molecule has 1 aromatic heterocycles.